The minimum absolute atomic E-state index is 0.0564. The van der Waals surface area contributed by atoms with Gasteiger partial charge in [-0.05, 0) is 60.2 Å². The number of hydrogen-bond acceptors (Lipinski definition) is 6. The lowest BCUT2D eigenvalue weighted by molar-refractivity contribution is 0.0589. The summed E-state index contributed by atoms with van der Waals surface area (Å²) in [5, 5.41) is 7.08. The number of hydrogen-bond donors (Lipinski definition) is 1. The van der Waals surface area contributed by atoms with Gasteiger partial charge in [-0.15, -0.1) is 0 Å². The van der Waals surface area contributed by atoms with E-state index in [0.717, 1.165) is 5.56 Å². The quantitative estimate of drug-likeness (QED) is 0.197. The first kappa shape index (κ1) is 23.7. The zero-order chi connectivity index (χ0) is 24.8. The molecule has 0 radical (unpaired) electrons. The molecule has 0 spiro atoms. The summed E-state index contributed by atoms with van der Waals surface area (Å²) in [6.07, 6.45) is 3.15. The van der Waals surface area contributed by atoms with E-state index in [9.17, 15) is 14.4 Å². The van der Waals surface area contributed by atoms with E-state index < -0.39 is 5.97 Å². The fourth-order valence-corrected chi connectivity index (χ4v) is 3.32. The summed E-state index contributed by atoms with van der Waals surface area (Å²) in [4.78, 5) is 36.5. The van der Waals surface area contributed by atoms with Gasteiger partial charge in [-0.1, -0.05) is 47.1 Å². The number of nitrogens with zero attached hydrogens (tertiary/aromatic N) is 1. The molecule has 174 valence electrons. The number of ether oxygens (including phenoxy) is 1. The zero-order valence-corrected chi connectivity index (χ0v) is 19.3. The van der Waals surface area contributed by atoms with Crippen LogP contribution in [0.3, 0.4) is 0 Å². The van der Waals surface area contributed by atoms with E-state index in [1.165, 1.54) is 19.3 Å². The number of aromatic nitrogens is 1. The molecule has 35 heavy (non-hydrogen) atoms. The Balaban J connectivity index is 1.41. The Bertz CT molecular complexity index is 1410. The highest BCUT2D eigenvalue weighted by Crippen LogP contribution is 2.24. The van der Waals surface area contributed by atoms with Gasteiger partial charge in [-0.25, -0.2) is 4.79 Å². The zero-order valence-electron chi connectivity index (χ0n) is 18.5. The van der Waals surface area contributed by atoms with E-state index in [1.807, 2.05) is 0 Å². The van der Waals surface area contributed by atoms with Crippen LogP contribution in [0.1, 0.15) is 36.8 Å². The van der Waals surface area contributed by atoms with Crippen molar-refractivity contribution in [3.63, 3.8) is 0 Å². The summed E-state index contributed by atoms with van der Waals surface area (Å²) >= 11 is 5.85. The van der Waals surface area contributed by atoms with Crippen molar-refractivity contribution in [2.75, 3.05) is 12.4 Å². The molecule has 0 saturated carbocycles. The van der Waals surface area contributed by atoms with Crippen LogP contribution >= 0.6 is 11.6 Å². The van der Waals surface area contributed by atoms with E-state index in [0.29, 0.717) is 33.2 Å². The monoisotopic (exact) mass is 486 g/mol. The summed E-state index contributed by atoms with van der Waals surface area (Å²) in [6.45, 7) is 0. The molecule has 0 unspecified atom stereocenters. The highest BCUT2D eigenvalue weighted by Gasteiger charge is 2.14. The third-order valence-corrected chi connectivity index (χ3v) is 5.29. The lowest BCUT2D eigenvalue weighted by Gasteiger charge is -2.07. The van der Waals surface area contributed by atoms with Crippen LogP contribution in [0, 0.1) is 0 Å². The number of anilines is 1. The molecule has 1 N–H and O–H groups in total. The fraction of sp³-hybridized carbons (Fsp3) is 0.0370. The number of allylic oxidation sites excluding steroid dienone is 1. The molecule has 0 fully saturated rings. The lowest BCUT2D eigenvalue weighted by Crippen LogP contribution is -2.11. The molecule has 8 heteroatoms. The molecule has 3 aromatic carbocycles. The number of methoxy groups -OCH3 is 1. The average Bonchev–Trinajstić information content (AvgIpc) is 3.38. The van der Waals surface area contributed by atoms with E-state index >= 15 is 0 Å². The van der Waals surface area contributed by atoms with Gasteiger partial charge in [0.05, 0.1) is 7.11 Å². The molecule has 0 atom stereocenters. The highest BCUT2D eigenvalue weighted by molar-refractivity contribution is 6.30. The average molecular weight is 487 g/mol. The second-order valence-electron chi connectivity index (χ2n) is 7.43. The topological polar surface area (TPSA) is 98.5 Å². The molecule has 1 amide bonds. The maximum Gasteiger partial charge on any atom is 0.360 e. The second-order valence-corrected chi connectivity index (χ2v) is 7.87. The first-order valence-electron chi connectivity index (χ1n) is 10.5. The molecule has 0 aliphatic rings. The molecular formula is C27H19ClN2O5. The van der Waals surface area contributed by atoms with Gasteiger partial charge in [0.1, 0.15) is 0 Å². The Morgan fingerprint density at radius 3 is 2.37 bits per heavy atom. The van der Waals surface area contributed by atoms with Crippen molar-refractivity contribution >= 4 is 41.0 Å². The maximum atomic E-state index is 12.7. The first-order chi connectivity index (χ1) is 16.9. The van der Waals surface area contributed by atoms with Crippen molar-refractivity contribution in [1.82, 2.24) is 5.16 Å². The highest BCUT2D eigenvalue weighted by atomic mass is 35.5. The molecule has 1 aromatic heterocycles. The number of halogens is 1. The molecule has 0 saturated heterocycles. The third kappa shape index (κ3) is 5.90. The Kier molecular flexibility index (Phi) is 7.18. The number of carbonyl (C=O) groups excluding carboxylic acids is 3. The van der Waals surface area contributed by atoms with Crippen LogP contribution < -0.4 is 5.32 Å². The molecular weight excluding hydrogens is 468 g/mol. The fourth-order valence-electron chi connectivity index (χ4n) is 3.19. The van der Waals surface area contributed by atoms with Gasteiger partial charge in [0.25, 0.3) is 5.91 Å². The number of esters is 1. The summed E-state index contributed by atoms with van der Waals surface area (Å²) in [6, 6.07) is 21.9. The van der Waals surface area contributed by atoms with Crippen LogP contribution in [0.15, 0.2) is 89.5 Å². The molecule has 7 nitrogen and oxygen atoms in total. The van der Waals surface area contributed by atoms with Crippen molar-refractivity contribution in [3.05, 3.63) is 112 Å². The second kappa shape index (κ2) is 10.6. The van der Waals surface area contributed by atoms with Crippen LogP contribution in [0.2, 0.25) is 5.02 Å². The molecule has 1 heterocycles. The summed E-state index contributed by atoms with van der Waals surface area (Å²) < 4.78 is 9.83. The van der Waals surface area contributed by atoms with Crippen molar-refractivity contribution in [3.8, 4) is 11.3 Å². The van der Waals surface area contributed by atoms with E-state index in [2.05, 4.69) is 15.2 Å². The minimum Gasteiger partial charge on any atom is -0.464 e. The Labute approximate surface area is 206 Å². The summed E-state index contributed by atoms with van der Waals surface area (Å²) in [5.74, 6) is -0.681. The van der Waals surface area contributed by atoms with Crippen molar-refractivity contribution in [1.29, 1.82) is 0 Å². The van der Waals surface area contributed by atoms with Crippen molar-refractivity contribution in [2.24, 2.45) is 0 Å². The molecule has 4 aromatic rings. The van der Waals surface area contributed by atoms with Gasteiger partial charge in [-0.3, -0.25) is 9.59 Å². The lowest BCUT2D eigenvalue weighted by atomic mass is 10.1. The van der Waals surface area contributed by atoms with Crippen LogP contribution in [0.25, 0.3) is 17.4 Å². The van der Waals surface area contributed by atoms with Gasteiger partial charge < -0.3 is 14.6 Å². The number of rotatable bonds is 7. The number of ketones is 1. The van der Waals surface area contributed by atoms with Gasteiger partial charge in [-0.2, -0.15) is 0 Å². The SMILES string of the molecule is COC(=O)c1cc(-c2cccc(NC(=O)c3ccc(/C=C/C(=O)c4ccc(Cl)cc4)cc3)c2)on1. The van der Waals surface area contributed by atoms with E-state index in [4.69, 9.17) is 16.1 Å². The van der Waals surface area contributed by atoms with Gasteiger partial charge in [0.2, 0.25) is 0 Å². The minimum atomic E-state index is -0.600. The molecule has 0 aliphatic carbocycles. The van der Waals surface area contributed by atoms with Gasteiger partial charge in [0, 0.05) is 33.5 Å². The summed E-state index contributed by atoms with van der Waals surface area (Å²) in [5.41, 5.74) is 3.00. The van der Waals surface area contributed by atoms with E-state index in [-0.39, 0.29) is 17.4 Å². The Morgan fingerprint density at radius 1 is 0.943 bits per heavy atom. The van der Waals surface area contributed by atoms with Crippen LogP contribution in [0.4, 0.5) is 5.69 Å². The molecule has 4 rings (SSSR count). The van der Waals surface area contributed by atoms with E-state index in [1.54, 1.807) is 78.9 Å². The predicted octanol–water partition coefficient (Wildman–Crippen LogP) is 5.93. The third-order valence-electron chi connectivity index (χ3n) is 5.04. The summed E-state index contributed by atoms with van der Waals surface area (Å²) in [7, 11) is 1.26. The van der Waals surface area contributed by atoms with Crippen LogP contribution in [-0.4, -0.2) is 29.9 Å². The number of nitrogens with one attached hydrogen (secondary N) is 1. The normalized spacial score (nSPS) is 10.8. The van der Waals surface area contributed by atoms with Crippen LogP contribution in [-0.2, 0) is 4.74 Å². The van der Waals surface area contributed by atoms with Gasteiger partial charge >= 0.3 is 5.97 Å². The predicted molar refractivity (Wildman–Crippen MR) is 132 cm³/mol. The van der Waals surface area contributed by atoms with Gasteiger partial charge in [0.15, 0.2) is 17.2 Å². The molecule has 0 aliphatic heterocycles. The van der Waals surface area contributed by atoms with Crippen LogP contribution in [0.5, 0.6) is 0 Å². The standard InChI is InChI=1S/C27H19ClN2O5/c1-34-27(33)23-16-25(35-30-23)20-3-2-4-22(15-20)29-26(32)19-8-5-17(6-9-19)7-14-24(31)18-10-12-21(28)13-11-18/h2-16H,1H3,(H,29,32)/b14-7+. The largest absolute Gasteiger partial charge is 0.464 e. The Hall–Kier alpha value is -4.49. The van der Waals surface area contributed by atoms with Crippen molar-refractivity contribution < 1.29 is 23.6 Å². The van der Waals surface area contributed by atoms with Crippen molar-refractivity contribution in [2.45, 2.75) is 0 Å². The number of carbonyl (C=O) groups is 3. The number of amides is 1. The molecule has 0 bridgehead atoms. The smallest absolute Gasteiger partial charge is 0.360 e. The first-order valence-corrected chi connectivity index (χ1v) is 10.9. The maximum absolute atomic E-state index is 12.7. The Morgan fingerprint density at radius 2 is 1.66 bits per heavy atom. The number of benzene rings is 3.